The van der Waals surface area contributed by atoms with Gasteiger partial charge in [-0.3, -0.25) is 4.79 Å². The number of methoxy groups -OCH3 is 1. The summed E-state index contributed by atoms with van der Waals surface area (Å²) < 4.78 is 18.0. The number of cyclic esters (lactones) is 1. The molecule has 1 aromatic carbocycles. The van der Waals surface area contributed by atoms with E-state index in [1.165, 1.54) is 0 Å². The van der Waals surface area contributed by atoms with Crippen LogP contribution in [0.5, 0.6) is 5.75 Å². The Labute approximate surface area is 179 Å². The lowest BCUT2D eigenvalue weighted by Gasteiger charge is -2.11. The number of hydrogen-bond acceptors (Lipinski definition) is 6. The van der Waals surface area contributed by atoms with E-state index in [-0.39, 0.29) is 24.5 Å². The van der Waals surface area contributed by atoms with Crippen molar-refractivity contribution in [1.29, 1.82) is 0 Å². The Balaban J connectivity index is 1.59. The summed E-state index contributed by atoms with van der Waals surface area (Å²) in [5.41, 5.74) is 3.03. The maximum absolute atomic E-state index is 12.8. The zero-order chi connectivity index (χ0) is 21.8. The van der Waals surface area contributed by atoms with Gasteiger partial charge in [0.25, 0.3) is 5.82 Å². The summed E-state index contributed by atoms with van der Waals surface area (Å²) in [6, 6.07) is 9.37. The third-order valence-electron chi connectivity index (χ3n) is 5.84. The SMILES string of the molecule is COc1ccc(-c2ccc3c(c2)COC3=O)[n+]2[nH]c(C3(C(=O)OCC(C)C)CC3)nc12. The first-order valence-corrected chi connectivity index (χ1v) is 10.4. The molecule has 2 aromatic heterocycles. The summed E-state index contributed by atoms with van der Waals surface area (Å²) in [7, 11) is 1.59. The lowest BCUT2D eigenvalue weighted by molar-refractivity contribution is -0.566. The third-order valence-corrected chi connectivity index (χ3v) is 5.84. The molecule has 1 aliphatic heterocycles. The Morgan fingerprint density at radius 1 is 1.29 bits per heavy atom. The van der Waals surface area contributed by atoms with Crippen molar-refractivity contribution in [2.45, 2.75) is 38.7 Å². The second kappa shape index (κ2) is 7.08. The molecule has 0 atom stereocenters. The molecule has 3 heterocycles. The van der Waals surface area contributed by atoms with E-state index in [9.17, 15) is 9.59 Å². The number of aromatic nitrogens is 3. The topological polar surface area (TPSA) is 94.6 Å². The van der Waals surface area contributed by atoms with Crippen LogP contribution >= 0.6 is 0 Å². The van der Waals surface area contributed by atoms with Crippen LogP contribution in [0.4, 0.5) is 0 Å². The van der Waals surface area contributed by atoms with E-state index < -0.39 is 5.41 Å². The van der Waals surface area contributed by atoms with Gasteiger partial charge in [-0.15, -0.1) is 4.52 Å². The number of carbonyl (C=O) groups is 2. The maximum Gasteiger partial charge on any atom is 0.391 e. The van der Waals surface area contributed by atoms with E-state index >= 15 is 0 Å². The van der Waals surface area contributed by atoms with Gasteiger partial charge < -0.3 is 14.2 Å². The van der Waals surface area contributed by atoms with Gasteiger partial charge in [-0.2, -0.15) is 5.10 Å². The van der Waals surface area contributed by atoms with E-state index in [1.807, 2.05) is 42.6 Å². The van der Waals surface area contributed by atoms with Crippen molar-refractivity contribution < 1.29 is 28.3 Å². The van der Waals surface area contributed by atoms with E-state index in [1.54, 1.807) is 13.2 Å². The summed E-state index contributed by atoms with van der Waals surface area (Å²) in [6.45, 7) is 4.68. The summed E-state index contributed by atoms with van der Waals surface area (Å²) in [5, 5.41) is 3.31. The second-order valence-electron chi connectivity index (χ2n) is 8.54. The Bertz CT molecular complexity index is 1210. The molecule has 1 N–H and O–H groups in total. The van der Waals surface area contributed by atoms with Crippen LogP contribution in [0, 0.1) is 5.92 Å². The summed E-state index contributed by atoms with van der Waals surface area (Å²) >= 11 is 0. The van der Waals surface area contributed by atoms with Gasteiger partial charge in [0, 0.05) is 11.1 Å². The predicted octanol–water partition coefficient (Wildman–Crippen LogP) is 2.73. The summed E-state index contributed by atoms with van der Waals surface area (Å²) in [6.07, 6.45) is 1.39. The van der Waals surface area contributed by atoms with E-state index in [0.29, 0.717) is 42.2 Å². The number of pyridine rings is 1. The minimum Gasteiger partial charge on any atom is -0.489 e. The molecular weight excluding hydrogens is 398 g/mol. The zero-order valence-corrected chi connectivity index (χ0v) is 17.7. The van der Waals surface area contributed by atoms with Gasteiger partial charge in [-0.05, 0) is 54.1 Å². The molecule has 160 valence electrons. The van der Waals surface area contributed by atoms with Gasteiger partial charge in [0.05, 0.1) is 19.3 Å². The molecule has 0 amide bonds. The van der Waals surface area contributed by atoms with Crippen molar-refractivity contribution in [2.24, 2.45) is 5.92 Å². The highest BCUT2D eigenvalue weighted by molar-refractivity contribution is 5.94. The number of aromatic amines is 1. The number of fused-ring (bicyclic) bond motifs is 2. The van der Waals surface area contributed by atoms with Crippen molar-refractivity contribution in [3.8, 4) is 17.0 Å². The Morgan fingerprint density at radius 3 is 2.81 bits per heavy atom. The Kier molecular flexibility index (Phi) is 4.46. The van der Waals surface area contributed by atoms with Crippen molar-refractivity contribution in [3.05, 3.63) is 47.3 Å². The van der Waals surface area contributed by atoms with Crippen LogP contribution in [0.1, 0.15) is 48.4 Å². The molecular formula is C23H24N3O5+. The monoisotopic (exact) mass is 422 g/mol. The fourth-order valence-electron chi connectivity index (χ4n) is 3.92. The number of esters is 2. The van der Waals surface area contributed by atoms with Gasteiger partial charge in [-0.1, -0.05) is 13.8 Å². The van der Waals surface area contributed by atoms with Crippen LogP contribution in [0.2, 0.25) is 0 Å². The van der Waals surface area contributed by atoms with E-state index in [0.717, 1.165) is 16.8 Å². The van der Waals surface area contributed by atoms with Crippen LogP contribution in [-0.4, -0.2) is 35.7 Å². The molecule has 0 unspecified atom stereocenters. The molecule has 0 bridgehead atoms. The van der Waals surface area contributed by atoms with Crippen molar-refractivity contribution >= 4 is 17.6 Å². The van der Waals surface area contributed by atoms with Crippen molar-refractivity contribution in [1.82, 2.24) is 10.1 Å². The molecule has 2 aliphatic rings. The molecule has 8 nitrogen and oxygen atoms in total. The average Bonchev–Trinajstić information content (AvgIpc) is 3.32. The minimum atomic E-state index is -0.735. The van der Waals surface area contributed by atoms with Gasteiger partial charge in [0.1, 0.15) is 6.61 Å². The second-order valence-corrected chi connectivity index (χ2v) is 8.54. The standard InChI is InChI=1S/C23H23N3O5/c1-13(2)11-31-22(28)23(8-9-23)21-24-19-18(29-3)7-6-17(26(19)25-21)14-4-5-16-15(10-14)12-30-20(16)27/h4-7,10,13H,8-9,11-12H2,1-3H3/p+1. The highest BCUT2D eigenvalue weighted by Crippen LogP contribution is 2.48. The molecule has 1 aliphatic carbocycles. The molecule has 0 saturated heterocycles. The molecule has 1 saturated carbocycles. The largest absolute Gasteiger partial charge is 0.489 e. The molecule has 3 aromatic rings. The first-order valence-electron chi connectivity index (χ1n) is 10.4. The number of nitrogens with one attached hydrogen (secondary N) is 1. The van der Waals surface area contributed by atoms with Gasteiger partial charge >= 0.3 is 17.6 Å². The fraction of sp³-hybridized carbons (Fsp3) is 0.391. The lowest BCUT2D eigenvalue weighted by atomic mass is 10.0. The number of nitrogens with zero attached hydrogens (tertiary/aromatic N) is 2. The molecule has 0 spiro atoms. The van der Waals surface area contributed by atoms with Crippen LogP contribution in [0.3, 0.4) is 0 Å². The van der Waals surface area contributed by atoms with Gasteiger partial charge in [0.2, 0.25) is 5.75 Å². The minimum absolute atomic E-state index is 0.241. The van der Waals surface area contributed by atoms with E-state index in [2.05, 4.69) is 5.10 Å². The first-order chi connectivity index (χ1) is 14.9. The Morgan fingerprint density at radius 2 is 2.10 bits per heavy atom. The molecule has 31 heavy (non-hydrogen) atoms. The summed E-state index contributed by atoms with van der Waals surface area (Å²) in [4.78, 5) is 29.3. The quantitative estimate of drug-likeness (QED) is 0.485. The normalized spacial score (nSPS) is 16.3. The Hall–Kier alpha value is -3.42. The molecule has 5 rings (SSSR count). The van der Waals surface area contributed by atoms with Crippen molar-refractivity contribution in [3.63, 3.8) is 0 Å². The van der Waals surface area contributed by atoms with Crippen LogP contribution in [0.15, 0.2) is 30.3 Å². The first kappa shape index (κ1) is 19.5. The summed E-state index contributed by atoms with van der Waals surface area (Å²) in [5.74, 6) is 0.902. The smallest absolute Gasteiger partial charge is 0.391 e. The van der Waals surface area contributed by atoms with Crippen LogP contribution in [0.25, 0.3) is 16.9 Å². The molecule has 1 fully saturated rings. The van der Waals surface area contributed by atoms with Crippen molar-refractivity contribution in [2.75, 3.05) is 13.7 Å². The number of hydrogen-bond donors (Lipinski definition) is 1. The maximum atomic E-state index is 12.8. The number of rotatable bonds is 6. The van der Waals surface area contributed by atoms with Crippen LogP contribution in [-0.2, 0) is 26.3 Å². The highest BCUT2D eigenvalue weighted by atomic mass is 16.5. The predicted molar refractivity (Wildman–Crippen MR) is 110 cm³/mol. The van der Waals surface area contributed by atoms with Gasteiger partial charge in [0.15, 0.2) is 11.1 Å². The number of H-pyrrole nitrogens is 1. The highest BCUT2D eigenvalue weighted by Gasteiger charge is 2.59. The fourth-order valence-corrected chi connectivity index (χ4v) is 3.92. The number of ether oxygens (including phenoxy) is 3. The number of benzene rings is 1. The van der Waals surface area contributed by atoms with Crippen LogP contribution < -0.4 is 9.25 Å². The van der Waals surface area contributed by atoms with Gasteiger partial charge in [-0.25, -0.2) is 4.79 Å². The zero-order valence-electron chi connectivity index (χ0n) is 17.7. The lowest BCUT2D eigenvalue weighted by Crippen LogP contribution is -2.30. The average molecular weight is 422 g/mol. The molecule has 8 heteroatoms. The van der Waals surface area contributed by atoms with E-state index in [4.69, 9.17) is 19.2 Å². The third kappa shape index (κ3) is 3.13. The number of carbonyl (C=O) groups excluding carboxylic acids is 2. The molecule has 0 radical (unpaired) electrons.